The average Bonchev–Trinajstić information content (AvgIpc) is 2.65. The van der Waals surface area contributed by atoms with Crippen LogP contribution in [0, 0.1) is 0 Å². The van der Waals surface area contributed by atoms with Crippen molar-refractivity contribution < 1.29 is 13.6 Å². The van der Waals surface area contributed by atoms with Crippen molar-refractivity contribution in [1.82, 2.24) is 19.3 Å². The lowest BCUT2D eigenvalue weighted by atomic mass is 10.6. The van der Waals surface area contributed by atoms with Crippen molar-refractivity contribution in [2.75, 3.05) is 13.1 Å². The molecule has 0 saturated heterocycles. The number of halogens is 1. The molecule has 0 spiro atoms. The number of amidine groups is 1. The molecule has 0 atom stereocenters. The summed E-state index contributed by atoms with van der Waals surface area (Å²) in [7, 11) is -2.36. The number of rotatable bonds is 5. The van der Waals surface area contributed by atoms with E-state index in [1.807, 2.05) is 0 Å². The van der Waals surface area contributed by atoms with Crippen LogP contribution in [0.5, 0.6) is 0 Å². The van der Waals surface area contributed by atoms with Gasteiger partial charge in [-0.3, -0.25) is 0 Å². The fourth-order valence-corrected chi connectivity index (χ4v) is 3.75. The Hall–Kier alpha value is -1.20. The molecule has 0 unspecified atom stereocenters. The van der Waals surface area contributed by atoms with E-state index in [2.05, 4.69) is 31.4 Å². The lowest BCUT2D eigenvalue weighted by Gasteiger charge is -2.19. The van der Waals surface area contributed by atoms with Gasteiger partial charge in [0.05, 0.1) is 6.54 Å². The predicted molar refractivity (Wildman–Crippen MR) is 66.5 cm³/mol. The Bertz CT molecular complexity index is 534. The van der Waals surface area contributed by atoms with Gasteiger partial charge in [-0.25, -0.2) is 13.1 Å². The van der Waals surface area contributed by atoms with Crippen LogP contribution >= 0.6 is 15.9 Å². The lowest BCUT2D eigenvalue weighted by molar-refractivity contribution is 0.315. The van der Waals surface area contributed by atoms with Gasteiger partial charge in [0.15, 0.2) is 10.4 Å². The molecule has 0 aromatic carbocycles. The Labute approximate surface area is 112 Å². The second-order valence-corrected chi connectivity index (χ2v) is 5.94. The molecule has 0 aliphatic carbocycles. The van der Waals surface area contributed by atoms with Gasteiger partial charge >= 0.3 is 0 Å². The van der Waals surface area contributed by atoms with Crippen molar-refractivity contribution >= 4 is 31.8 Å². The van der Waals surface area contributed by atoms with Crippen molar-refractivity contribution in [2.24, 2.45) is 17.9 Å². The Balaban J connectivity index is 3.20. The number of likely N-dealkylation sites (N-methyl/N-ethyl adjacent to an activating group) is 1. The minimum atomic E-state index is -3.82. The summed E-state index contributed by atoms with van der Waals surface area (Å²) in [4.78, 5) is 0. The third-order valence-corrected chi connectivity index (χ3v) is 4.95. The van der Waals surface area contributed by atoms with Gasteiger partial charge in [0.1, 0.15) is 0 Å². The van der Waals surface area contributed by atoms with Crippen molar-refractivity contribution in [2.45, 2.75) is 11.9 Å². The van der Waals surface area contributed by atoms with Crippen molar-refractivity contribution in [1.29, 1.82) is 0 Å². The fourth-order valence-electron chi connectivity index (χ4n) is 1.30. The summed E-state index contributed by atoms with van der Waals surface area (Å²) in [5, 5.41) is 18.4. The summed E-state index contributed by atoms with van der Waals surface area (Å²) in [5.41, 5.74) is 5.32. The van der Waals surface area contributed by atoms with Crippen LogP contribution in [0.1, 0.15) is 6.92 Å². The molecule has 0 aliphatic heterocycles. The normalized spacial score (nSPS) is 13.2. The third kappa shape index (κ3) is 2.79. The second kappa shape index (κ2) is 5.63. The van der Waals surface area contributed by atoms with E-state index in [1.54, 1.807) is 6.92 Å². The molecule has 0 amide bonds. The number of hydrogen-bond donors (Lipinski definition) is 2. The van der Waals surface area contributed by atoms with Gasteiger partial charge in [-0.05, 0) is 15.9 Å². The van der Waals surface area contributed by atoms with E-state index in [-0.39, 0.29) is 28.6 Å². The first-order valence-electron chi connectivity index (χ1n) is 4.86. The van der Waals surface area contributed by atoms with Crippen LogP contribution in [0.25, 0.3) is 0 Å². The van der Waals surface area contributed by atoms with Crippen LogP contribution in [0.2, 0.25) is 0 Å². The molecule has 0 fully saturated rings. The molecule has 102 valence electrons. The largest absolute Gasteiger partial charge is 0.409 e. The van der Waals surface area contributed by atoms with Gasteiger partial charge in [0, 0.05) is 13.6 Å². The third-order valence-electron chi connectivity index (χ3n) is 2.14. The number of oxime groups is 1. The fraction of sp³-hybridized carbons (Fsp3) is 0.571. The first-order valence-corrected chi connectivity index (χ1v) is 7.09. The first kappa shape index (κ1) is 14.9. The SMILES string of the molecule is CCN(CC(N)=NO)S(=O)(=O)c1c(Br)nnn1C. The van der Waals surface area contributed by atoms with Crippen LogP contribution in [-0.2, 0) is 17.1 Å². The summed E-state index contributed by atoms with van der Waals surface area (Å²) in [6, 6.07) is 0. The van der Waals surface area contributed by atoms with E-state index in [0.717, 1.165) is 8.99 Å². The molecule has 0 bridgehead atoms. The van der Waals surface area contributed by atoms with Gasteiger partial charge < -0.3 is 10.9 Å². The van der Waals surface area contributed by atoms with Gasteiger partial charge in [0.25, 0.3) is 10.0 Å². The maximum Gasteiger partial charge on any atom is 0.263 e. The molecule has 1 aromatic heterocycles. The number of nitrogens with zero attached hydrogens (tertiary/aromatic N) is 5. The number of aryl methyl sites for hydroxylation is 1. The highest BCUT2D eigenvalue weighted by Gasteiger charge is 2.30. The zero-order chi connectivity index (χ0) is 13.9. The molecule has 11 heteroatoms. The summed E-state index contributed by atoms with van der Waals surface area (Å²) >= 11 is 3.02. The van der Waals surface area contributed by atoms with Gasteiger partial charge in [0.2, 0.25) is 5.03 Å². The highest BCUT2D eigenvalue weighted by molar-refractivity contribution is 9.10. The van der Waals surface area contributed by atoms with Crippen molar-refractivity contribution in [3.05, 3.63) is 4.60 Å². The van der Waals surface area contributed by atoms with Crippen LogP contribution in [0.4, 0.5) is 0 Å². The molecule has 3 N–H and O–H groups in total. The van der Waals surface area contributed by atoms with E-state index in [9.17, 15) is 8.42 Å². The topological polar surface area (TPSA) is 127 Å². The van der Waals surface area contributed by atoms with Gasteiger partial charge in [-0.2, -0.15) is 4.31 Å². The molecular formula is C7H13BrN6O3S. The van der Waals surface area contributed by atoms with Crippen LogP contribution in [-0.4, -0.2) is 51.8 Å². The van der Waals surface area contributed by atoms with E-state index < -0.39 is 10.0 Å². The minimum absolute atomic E-state index is 0.0879. The van der Waals surface area contributed by atoms with E-state index in [1.165, 1.54) is 7.05 Å². The Kier molecular flexibility index (Phi) is 4.65. The molecule has 0 aliphatic rings. The molecule has 9 nitrogen and oxygen atoms in total. The molecule has 1 heterocycles. The quantitative estimate of drug-likeness (QED) is 0.317. The zero-order valence-corrected chi connectivity index (χ0v) is 12.2. The van der Waals surface area contributed by atoms with E-state index in [0.29, 0.717) is 0 Å². The summed E-state index contributed by atoms with van der Waals surface area (Å²) < 4.78 is 26.9. The first-order chi connectivity index (χ1) is 8.34. The highest BCUT2D eigenvalue weighted by Crippen LogP contribution is 2.21. The van der Waals surface area contributed by atoms with Gasteiger partial charge in [-0.15, -0.1) is 5.10 Å². The number of nitrogens with two attached hydrogens (primary N) is 1. The van der Waals surface area contributed by atoms with Crippen LogP contribution in [0.3, 0.4) is 0 Å². The number of sulfonamides is 1. The molecule has 0 radical (unpaired) electrons. The van der Waals surface area contributed by atoms with E-state index >= 15 is 0 Å². The predicted octanol–water partition coefficient (Wildman–Crippen LogP) is -0.665. The molecule has 0 saturated carbocycles. The van der Waals surface area contributed by atoms with E-state index in [4.69, 9.17) is 10.9 Å². The minimum Gasteiger partial charge on any atom is -0.409 e. The van der Waals surface area contributed by atoms with Crippen molar-refractivity contribution in [3.8, 4) is 0 Å². The van der Waals surface area contributed by atoms with Crippen LogP contribution in [0.15, 0.2) is 14.8 Å². The smallest absolute Gasteiger partial charge is 0.263 e. The summed E-state index contributed by atoms with van der Waals surface area (Å²) in [5.74, 6) is -0.202. The van der Waals surface area contributed by atoms with Crippen LogP contribution < -0.4 is 5.73 Å². The Morgan fingerprint density at radius 1 is 1.67 bits per heavy atom. The maximum atomic E-state index is 12.3. The zero-order valence-electron chi connectivity index (χ0n) is 9.78. The highest BCUT2D eigenvalue weighted by atomic mass is 79.9. The molecule has 1 aromatic rings. The summed E-state index contributed by atoms with van der Waals surface area (Å²) in [6.45, 7) is 1.59. The van der Waals surface area contributed by atoms with Gasteiger partial charge in [-0.1, -0.05) is 17.3 Å². The second-order valence-electron chi connectivity index (χ2n) is 3.33. The monoisotopic (exact) mass is 340 g/mol. The molecule has 1 rings (SSSR count). The molecular weight excluding hydrogens is 328 g/mol. The molecule has 18 heavy (non-hydrogen) atoms. The number of aromatic nitrogens is 3. The lowest BCUT2D eigenvalue weighted by Crippen LogP contribution is -2.39. The standard InChI is InChI=1S/C7H13BrN6O3S/c1-3-14(4-5(9)11-15)18(16,17)7-6(8)10-12-13(7)2/h15H,3-4H2,1-2H3,(H2,9,11). The Morgan fingerprint density at radius 2 is 2.28 bits per heavy atom. The average molecular weight is 341 g/mol. The Morgan fingerprint density at radius 3 is 2.67 bits per heavy atom. The maximum absolute atomic E-state index is 12.3. The van der Waals surface area contributed by atoms with Crippen molar-refractivity contribution in [3.63, 3.8) is 0 Å². The number of hydrogen-bond acceptors (Lipinski definition) is 6. The summed E-state index contributed by atoms with van der Waals surface area (Å²) in [6.07, 6.45) is 0.